The van der Waals surface area contributed by atoms with Crippen molar-refractivity contribution in [2.75, 3.05) is 12.4 Å². The van der Waals surface area contributed by atoms with Crippen molar-refractivity contribution in [2.24, 2.45) is 0 Å². The summed E-state index contributed by atoms with van der Waals surface area (Å²) in [5.41, 5.74) is 2.23. The van der Waals surface area contributed by atoms with Crippen molar-refractivity contribution in [1.29, 1.82) is 0 Å². The van der Waals surface area contributed by atoms with Gasteiger partial charge in [-0.25, -0.2) is 0 Å². The minimum absolute atomic E-state index is 0.0398. The van der Waals surface area contributed by atoms with Crippen LogP contribution in [0.5, 0.6) is 0 Å². The molecule has 0 fully saturated rings. The molecule has 2 amide bonds. The molecular weight excluding hydrogens is 328 g/mol. The fourth-order valence-electron chi connectivity index (χ4n) is 2.63. The number of rotatable bonds is 5. The largest absolute Gasteiger partial charge is 0.459 e. The monoisotopic (exact) mass is 348 g/mol. The topological polar surface area (TPSA) is 62.6 Å². The maximum Gasteiger partial charge on any atom is 0.291 e. The van der Waals surface area contributed by atoms with Gasteiger partial charge in [0.2, 0.25) is 0 Å². The van der Waals surface area contributed by atoms with E-state index in [0.717, 1.165) is 5.56 Å². The molecule has 5 nitrogen and oxygen atoms in total. The smallest absolute Gasteiger partial charge is 0.291 e. The molecule has 0 aliphatic carbocycles. The number of hydrogen-bond donors (Lipinski definition) is 1. The Morgan fingerprint density at radius 1 is 0.962 bits per heavy atom. The van der Waals surface area contributed by atoms with E-state index in [1.54, 1.807) is 48.3 Å². The molecule has 1 aromatic heterocycles. The zero-order valence-corrected chi connectivity index (χ0v) is 14.7. The normalized spacial score (nSPS) is 11.6. The molecule has 3 aromatic rings. The number of hydrogen-bond acceptors (Lipinski definition) is 3. The SMILES string of the molecule is CC(c1ccccc1)N(C)C(=O)c1ccc(NC(=O)c2ccco2)cc1. The first-order valence-electron chi connectivity index (χ1n) is 8.33. The van der Waals surface area contributed by atoms with E-state index in [4.69, 9.17) is 4.42 Å². The maximum absolute atomic E-state index is 12.7. The van der Waals surface area contributed by atoms with Crippen molar-refractivity contribution in [1.82, 2.24) is 4.90 Å². The zero-order valence-electron chi connectivity index (χ0n) is 14.7. The molecule has 26 heavy (non-hydrogen) atoms. The van der Waals surface area contributed by atoms with E-state index < -0.39 is 0 Å². The van der Waals surface area contributed by atoms with Crippen LogP contribution in [0.25, 0.3) is 0 Å². The molecule has 5 heteroatoms. The molecule has 1 unspecified atom stereocenters. The van der Waals surface area contributed by atoms with Crippen molar-refractivity contribution in [3.05, 3.63) is 89.9 Å². The highest BCUT2D eigenvalue weighted by atomic mass is 16.3. The Kier molecular flexibility index (Phi) is 5.17. The Bertz CT molecular complexity index is 871. The first-order chi connectivity index (χ1) is 12.6. The number of anilines is 1. The molecule has 0 saturated heterocycles. The van der Waals surface area contributed by atoms with E-state index in [1.807, 2.05) is 37.3 Å². The molecule has 1 atom stereocenters. The summed E-state index contributed by atoms with van der Waals surface area (Å²) in [6, 6.07) is 19.9. The van der Waals surface area contributed by atoms with Gasteiger partial charge in [-0.15, -0.1) is 0 Å². The van der Waals surface area contributed by atoms with Crippen LogP contribution in [0.4, 0.5) is 5.69 Å². The third-order valence-electron chi connectivity index (χ3n) is 4.32. The number of benzene rings is 2. The van der Waals surface area contributed by atoms with Gasteiger partial charge in [-0.2, -0.15) is 0 Å². The van der Waals surface area contributed by atoms with Gasteiger partial charge in [0.1, 0.15) is 0 Å². The van der Waals surface area contributed by atoms with Crippen LogP contribution >= 0.6 is 0 Å². The Balaban J connectivity index is 1.67. The van der Waals surface area contributed by atoms with Gasteiger partial charge >= 0.3 is 0 Å². The lowest BCUT2D eigenvalue weighted by Crippen LogP contribution is -2.29. The van der Waals surface area contributed by atoms with Gasteiger partial charge < -0.3 is 14.6 Å². The quantitative estimate of drug-likeness (QED) is 0.745. The fourth-order valence-corrected chi connectivity index (χ4v) is 2.63. The summed E-state index contributed by atoms with van der Waals surface area (Å²) >= 11 is 0. The minimum atomic E-state index is -0.330. The van der Waals surface area contributed by atoms with E-state index >= 15 is 0 Å². The van der Waals surface area contributed by atoms with E-state index in [-0.39, 0.29) is 23.6 Å². The predicted octanol–water partition coefficient (Wildman–Crippen LogP) is 4.37. The van der Waals surface area contributed by atoms with E-state index in [9.17, 15) is 9.59 Å². The number of carbonyl (C=O) groups is 2. The Morgan fingerprint density at radius 2 is 1.65 bits per heavy atom. The molecule has 0 saturated carbocycles. The third-order valence-corrected chi connectivity index (χ3v) is 4.32. The Labute approximate surface area is 152 Å². The molecule has 0 aliphatic heterocycles. The molecule has 0 radical (unpaired) electrons. The lowest BCUT2D eigenvalue weighted by Gasteiger charge is -2.25. The second-order valence-electron chi connectivity index (χ2n) is 6.01. The lowest BCUT2D eigenvalue weighted by molar-refractivity contribution is 0.0742. The average molecular weight is 348 g/mol. The van der Waals surface area contributed by atoms with E-state index in [0.29, 0.717) is 11.3 Å². The van der Waals surface area contributed by atoms with Crippen LogP contribution in [-0.2, 0) is 0 Å². The van der Waals surface area contributed by atoms with Gasteiger partial charge in [-0.05, 0) is 48.9 Å². The molecule has 0 spiro atoms. The van der Waals surface area contributed by atoms with Crippen LogP contribution in [0.15, 0.2) is 77.4 Å². The van der Waals surface area contributed by atoms with E-state index in [2.05, 4.69) is 5.32 Å². The Hall–Kier alpha value is -3.34. The first kappa shape index (κ1) is 17.5. The number of carbonyl (C=O) groups excluding carboxylic acids is 2. The molecule has 0 aliphatic rings. The van der Waals surface area contributed by atoms with Crippen molar-refractivity contribution < 1.29 is 14.0 Å². The molecule has 132 valence electrons. The number of nitrogens with one attached hydrogen (secondary N) is 1. The Morgan fingerprint density at radius 3 is 2.27 bits per heavy atom. The van der Waals surface area contributed by atoms with E-state index in [1.165, 1.54) is 6.26 Å². The highest BCUT2D eigenvalue weighted by molar-refractivity contribution is 6.02. The summed E-state index contributed by atoms with van der Waals surface area (Å²) in [5.74, 6) is -0.171. The van der Waals surface area contributed by atoms with Gasteiger partial charge in [-0.3, -0.25) is 9.59 Å². The second-order valence-corrected chi connectivity index (χ2v) is 6.01. The third kappa shape index (κ3) is 3.83. The van der Waals surface area contributed by atoms with Crippen LogP contribution in [0.2, 0.25) is 0 Å². The van der Waals surface area contributed by atoms with Gasteiger partial charge in [0.25, 0.3) is 11.8 Å². The van der Waals surface area contributed by atoms with Crippen LogP contribution in [0, 0.1) is 0 Å². The molecule has 1 N–H and O–H groups in total. The van der Waals surface area contributed by atoms with Gasteiger partial charge in [-0.1, -0.05) is 30.3 Å². The van der Waals surface area contributed by atoms with Gasteiger partial charge in [0.05, 0.1) is 12.3 Å². The molecule has 2 aromatic carbocycles. The van der Waals surface area contributed by atoms with Gasteiger partial charge in [0, 0.05) is 18.3 Å². The van der Waals surface area contributed by atoms with Crippen LogP contribution in [-0.4, -0.2) is 23.8 Å². The highest BCUT2D eigenvalue weighted by Gasteiger charge is 2.19. The first-order valence-corrected chi connectivity index (χ1v) is 8.33. The predicted molar refractivity (Wildman–Crippen MR) is 100 cm³/mol. The van der Waals surface area contributed by atoms with Crippen LogP contribution < -0.4 is 5.32 Å². The number of furan rings is 1. The number of nitrogens with zero attached hydrogens (tertiary/aromatic N) is 1. The number of amides is 2. The summed E-state index contributed by atoms with van der Waals surface area (Å²) in [6.45, 7) is 1.99. The van der Waals surface area contributed by atoms with Crippen LogP contribution in [0.3, 0.4) is 0 Å². The summed E-state index contributed by atoms with van der Waals surface area (Å²) in [5, 5.41) is 2.73. The zero-order chi connectivity index (χ0) is 18.5. The van der Waals surface area contributed by atoms with Crippen molar-refractivity contribution >= 4 is 17.5 Å². The van der Waals surface area contributed by atoms with Crippen molar-refractivity contribution in [3.63, 3.8) is 0 Å². The fraction of sp³-hybridized carbons (Fsp3) is 0.143. The van der Waals surface area contributed by atoms with Gasteiger partial charge in [0.15, 0.2) is 5.76 Å². The maximum atomic E-state index is 12.7. The minimum Gasteiger partial charge on any atom is -0.459 e. The summed E-state index contributed by atoms with van der Waals surface area (Å²) in [6.07, 6.45) is 1.44. The van der Waals surface area contributed by atoms with Crippen molar-refractivity contribution in [2.45, 2.75) is 13.0 Å². The second kappa shape index (κ2) is 7.70. The molecule has 0 bridgehead atoms. The molecule has 3 rings (SSSR count). The average Bonchev–Trinajstić information content (AvgIpc) is 3.22. The summed E-state index contributed by atoms with van der Waals surface area (Å²) in [4.78, 5) is 26.4. The standard InChI is InChI=1S/C21H20N2O3/c1-15(16-7-4-3-5-8-16)23(2)21(25)17-10-12-18(13-11-17)22-20(24)19-9-6-14-26-19/h3-15H,1-2H3,(H,22,24). The highest BCUT2D eigenvalue weighted by Crippen LogP contribution is 2.21. The summed E-state index contributed by atoms with van der Waals surface area (Å²) in [7, 11) is 1.78. The van der Waals surface area contributed by atoms with Crippen LogP contribution in [0.1, 0.15) is 39.4 Å². The van der Waals surface area contributed by atoms with Crippen molar-refractivity contribution in [3.8, 4) is 0 Å². The lowest BCUT2D eigenvalue weighted by atomic mass is 10.1. The molecular formula is C21H20N2O3. The summed E-state index contributed by atoms with van der Waals surface area (Å²) < 4.78 is 5.06. The molecule has 1 heterocycles.